The average molecular weight is 336 g/mol. The largest absolute Gasteiger partial charge is 0.458 e. The summed E-state index contributed by atoms with van der Waals surface area (Å²) in [6.45, 7) is 2.15. The molecule has 0 aromatic rings. The van der Waals surface area contributed by atoms with Gasteiger partial charge in [0.2, 0.25) is 0 Å². The predicted octanol–water partition coefficient (Wildman–Crippen LogP) is 3.52. The molecule has 0 aromatic carbocycles. The van der Waals surface area contributed by atoms with Crippen LogP contribution < -0.4 is 0 Å². The Labute approximate surface area is 145 Å². The summed E-state index contributed by atoms with van der Waals surface area (Å²) in [6.07, 6.45) is 14.2. The first kappa shape index (κ1) is 19.2. The van der Waals surface area contributed by atoms with Crippen LogP contribution in [0.1, 0.15) is 64.7 Å². The minimum absolute atomic E-state index is 0.0419. The second-order valence-electron chi connectivity index (χ2n) is 7.12. The number of carbonyl (C=O) groups is 1. The van der Waals surface area contributed by atoms with Crippen LogP contribution in [0, 0.1) is 11.8 Å². The van der Waals surface area contributed by atoms with E-state index in [0.717, 1.165) is 44.9 Å². The van der Waals surface area contributed by atoms with E-state index in [9.17, 15) is 15.0 Å². The number of aliphatic hydroxyl groups is 2. The van der Waals surface area contributed by atoms with E-state index in [0.29, 0.717) is 12.8 Å². The van der Waals surface area contributed by atoms with Crippen LogP contribution in [-0.2, 0) is 9.53 Å². The average Bonchev–Trinajstić information content (AvgIpc) is 2.81. The number of unbranched alkanes of at least 4 members (excludes halogenated alkanes) is 2. The molecule has 1 heterocycles. The number of cyclic esters (lactones) is 1. The van der Waals surface area contributed by atoms with E-state index in [2.05, 4.69) is 19.1 Å². The lowest BCUT2D eigenvalue weighted by atomic mass is 9.89. The van der Waals surface area contributed by atoms with Crippen molar-refractivity contribution < 1.29 is 19.7 Å². The zero-order valence-electron chi connectivity index (χ0n) is 14.8. The third-order valence-electron chi connectivity index (χ3n) is 5.17. The number of rotatable bonds is 4. The Morgan fingerprint density at radius 1 is 1.17 bits per heavy atom. The van der Waals surface area contributed by atoms with Gasteiger partial charge < -0.3 is 14.9 Å². The van der Waals surface area contributed by atoms with Gasteiger partial charge in [0, 0.05) is 18.8 Å². The van der Waals surface area contributed by atoms with Gasteiger partial charge in [-0.1, -0.05) is 38.0 Å². The molecule has 0 radical (unpaired) electrons. The number of aliphatic hydroxyl groups excluding tert-OH is 2. The Bertz CT molecular complexity index is 443. The molecular formula is C20H32O4. The van der Waals surface area contributed by atoms with Crippen LogP contribution in [-0.4, -0.2) is 34.5 Å². The lowest BCUT2D eigenvalue weighted by molar-refractivity contribution is -0.147. The molecule has 0 aromatic heterocycles. The van der Waals surface area contributed by atoms with E-state index in [-0.39, 0.29) is 23.9 Å². The quantitative estimate of drug-likeness (QED) is 0.468. The molecule has 1 saturated carbocycles. The van der Waals surface area contributed by atoms with Gasteiger partial charge in [-0.3, -0.25) is 4.79 Å². The minimum atomic E-state index is -0.522. The van der Waals surface area contributed by atoms with Gasteiger partial charge in [-0.25, -0.2) is 0 Å². The van der Waals surface area contributed by atoms with E-state index in [1.165, 1.54) is 0 Å². The summed E-state index contributed by atoms with van der Waals surface area (Å²) in [6, 6.07) is 0. The van der Waals surface area contributed by atoms with E-state index >= 15 is 0 Å². The minimum Gasteiger partial charge on any atom is -0.458 e. The monoisotopic (exact) mass is 336 g/mol. The second kappa shape index (κ2) is 10.00. The number of carbonyl (C=O) groups excluding carboxylic acids is 1. The molecular weight excluding hydrogens is 304 g/mol. The second-order valence-corrected chi connectivity index (χ2v) is 7.12. The van der Waals surface area contributed by atoms with Crippen molar-refractivity contribution in [2.24, 2.45) is 11.8 Å². The lowest BCUT2D eigenvalue weighted by Crippen LogP contribution is -2.21. The first-order valence-electron chi connectivity index (χ1n) is 9.50. The summed E-state index contributed by atoms with van der Waals surface area (Å²) >= 11 is 0. The van der Waals surface area contributed by atoms with Gasteiger partial charge in [-0.15, -0.1) is 0 Å². The molecule has 0 bridgehead atoms. The van der Waals surface area contributed by atoms with Crippen molar-refractivity contribution in [1.82, 2.24) is 0 Å². The summed E-state index contributed by atoms with van der Waals surface area (Å²) in [7, 11) is 0. The van der Waals surface area contributed by atoms with Crippen molar-refractivity contribution >= 4 is 5.97 Å². The number of hydrogen-bond acceptors (Lipinski definition) is 4. The number of hydrogen-bond donors (Lipinski definition) is 2. The van der Waals surface area contributed by atoms with E-state index in [1.807, 2.05) is 12.2 Å². The third-order valence-corrected chi connectivity index (χ3v) is 5.17. The van der Waals surface area contributed by atoms with Crippen molar-refractivity contribution in [3.63, 3.8) is 0 Å². The molecule has 1 aliphatic carbocycles. The molecule has 136 valence electrons. The van der Waals surface area contributed by atoms with Gasteiger partial charge in [0.15, 0.2) is 0 Å². The molecule has 0 unspecified atom stereocenters. The first-order valence-corrected chi connectivity index (χ1v) is 9.50. The van der Waals surface area contributed by atoms with Gasteiger partial charge in [0.1, 0.15) is 6.10 Å². The molecule has 2 N–H and O–H groups in total. The SMILES string of the molecule is CCCCC[C@H]1C=C[C@@H]2[C@@H](C/C=C\CCCC(=O)O1)[C@@H](O)C[C@H]2O. The van der Waals surface area contributed by atoms with Crippen LogP contribution in [0.5, 0.6) is 0 Å². The molecule has 2 aliphatic rings. The zero-order chi connectivity index (χ0) is 17.4. The van der Waals surface area contributed by atoms with Crippen molar-refractivity contribution in [2.75, 3.05) is 0 Å². The van der Waals surface area contributed by atoms with Gasteiger partial charge in [0.25, 0.3) is 0 Å². The van der Waals surface area contributed by atoms with E-state index in [4.69, 9.17) is 4.74 Å². The lowest BCUT2D eigenvalue weighted by Gasteiger charge is -2.20. The topological polar surface area (TPSA) is 66.8 Å². The molecule has 5 atom stereocenters. The molecule has 0 amide bonds. The van der Waals surface area contributed by atoms with Crippen LogP contribution in [0.25, 0.3) is 0 Å². The maximum Gasteiger partial charge on any atom is 0.306 e. The highest BCUT2D eigenvalue weighted by Gasteiger charge is 2.39. The normalized spacial score (nSPS) is 36.1. The molecule has 1 aliphatic heterocycles. The fourth-order valence-corrected chi connectivity index (χ4v) is 3.71. The smallest absolute Gasteiger partial charge is 0.306 e. The number of esters is 1. The van der Waals surface area contributed by atoms with Gasteiger partial charge in [-0.05, 0) is 44.1 Å². The van der Waals surface area contributed by atoms with Gasteiger partial charge >= 0.3 is 5.97 Å². The number of fused-ring (bicyclic) bond motifs is 1. The molecule has 4 nitrogen and oxygen atoms in total. The Morgan fingerprint density at radius 3 is 2.79 bits per heavy atom. The fraction of sp³-hybridized carbons (Fsp3) is 0.750. The summed E-state index contributed by atoms with van der Waals surface area (Å²) in [5.74, 6) is -0.171. The summed E-state index contributed by atoms with van der Waals surface area (Å²) in [4.78, 5) is 12.0. The molecule has 0 saturated heterocycles. The summed E-state index contributed by atoms with van der Waals surface area (Å²) in [5, 5.41) is 20.5. The molecule has 4 heteroatoms. The highest BCUT2D eigenvalue weighted by atomic mass is 16.5. The standard InChI is InChI=1S/C20H32O4/c1-2-3-6-9-15-12-13-17-16(18(21)14-19(17)22)10-7-4-5-8-11-20(23)24-15/h4,7,12-13,15-19,21-22H,2-3,5-6,8-11,14H2,1H3/b7-4-,13-12?/t15-,16+,17+,18-,19+/m0/s1. The van der Waals surface area contributed by atoms with Crippen molar-refractivity contribution in [3.05, 3.63) is 24.3 Å². The maximum absolute atomic E-state index is 12.0. The van der Waals surface area contributed by atoms with Crippen molar-refractivity contribution in [3.8, 4) is 0 Å². The van der Waals surface area contributed by atoms with Crippen LogP contribution in [0.3, 0.4) is 0 Å². The predicted molar refractivity (Wildman–Crippen MR) is 94.4 cm³/mol. The Balaban J connectivity index is 2.10. The fourth-order valence-electron chi connectivity index (χ4n) is 3.71. The zero-order valence-corrected chi connectivity index (χ0v) is 14.8. The van der Waals surface area contributed by atoms with Gasteiger partial charge in [-0.2, -0.15) is 0 Å². The Hall–Kier alpha value is -1.13. The molecule has 24 heavy (non-hydrogen) atoms. The first-order chi connectivity index (χ1) is 11.6. The van der Waals surface area contributed by atoms with Crippen molar-refractivity contribution in [1.29, 1.82) is 0 Å². The molecule has 0 spiro atoms. The highest BCUT2D eigenvalue weighted by molar-refractivity contribution is 5.69. The Kier molecular flexibility index (Phi) is 8.00. The highest BCUT2D eigenvalue weighted by Crippen LogP contribution is 2.36. The van der Waals surface area contributed by atoms with E-state index < -0.39 is 12.2 Å². The number of ether oxygens (including phenoxy) is 1. The van der Waals surface area contributed by atoms with Crippen LogP contribution in [0.4, 0.5) is 0 Å². The summed E-state index contributed by atoms with van der Waals surface area (Å²) < 4.78 is 5.63. The maximum atomic E-state index is 12.0. The van der Waals surface area contributed by atoms with Crippen LogP contribution in [0.15, 0.2) is 24.3 Å². The molecule has 2 rings (SSSR count). The van der Waals surface area contributed by atoms with Gasteiger partial charge in [0.05, 0.1) is 12.2 Å². The Morgan fingerprint density at radius 2 is 2.00 bits per heavy atom. The third kappa shape index (κ3) is 5.75. The van der Waals surface area contributed by atoms with E-state index in [1.54, 1.807) is 0 Å². The number of allylic oxidation sites excluding steroid dienone is 2. The van der Waals surface area contributed by atoms with Crippen molar-refractivity contribution in [2.45, 2.75) is 83.0 Å². The molecule has 1 fully saturated rings. The van der Waals surface area contributed by atoms with Crippen LogP contribution >= 0.6 is 0 Å². The summed E-state index contributed by atoms with van der Waals surface area (Å²) in [5.41, 5.74) is 0. The van der Waals surface area contributed by atoms with Crippen LogP contribution in [0.2, 0.25) is 0 Å².